The van der Waals surface area contributed by atoms with Gasteiger partial charge < -0.3 is 10.6 Å². The Morgan fingerprint density at radius 2 is 2.36 bits per heavy atom. The molecular weight excluding hydrogens is 194 g/mol. The fourth-order valence-corrected chi connectivity index (χ4v) is 1.72. The molecule has 0 unspecified atom stereocenters. The van der Waals surface area contributed by atoms with Crippen LogP contribution in [0.5, 0.6) is 0 Å². The van der Waals surface area contributed by atoms with Gasteiger partial charge >= 0.3 is 0 Å². The zero-order valence-electron chi connectivity index (χ0n) is 8.87. The Hall–Kier alpha value is -1.03. The van der Waals surface area contributed by atoms with E-state index in [1.165, 1.54) is 5.56 Å². The first-order valence-electron chi connectivity index (χ1n) is 4.70. The summed E-state index contributed by atoms with van der Waals surface area (Å²) in [7, 11) is 1.78. The minimum atomic E-state index is 0.406. The number of nitrogens with one attached hydrogen (secondary N) is 2. The predicted octanol–water partition coefficient (Wildman–Crippen LogP) is 1.82. The topological polar surface area (TPSA) is 36.4 Å². The summed E-state index contributed by atoms with van der Waals surface area (Å²) < 4.78 is 0. The minimum absolute atomic E-state index is 0.406. The van der Waals surface area contributed by atoms with Crippen molar-refractivity contribution < 1.29 is 0 Å². The second kappa shape index (κ2) is 5.65. The molecule has 0 bridgehead atoms. The number of guanidine groups is 1. The van der Waals surface area contributed by atoms with Crippen molar-refractivity contribution in [3.8, 4) is 0 Å². The van der Waals surface area contributed by atoms with Crippen LogP contribution in [0.2, 0.25) is 0 Å². The quantitative estimate of drug-likeness (QED) is 0.591. The third kappa shape index (κ3) is 3.79. The number of hydrogen-bond acceptors (Lipinski definition) is 2. The molecule has 0 aliphatic carbocycles. The van der Waals surface area contributed by atoms with Gasteiger partial charge in [-0.1, -0.05) is 0 Å². The van der Waals surface area contributed by atoms with Gasteiger partial charge in [0.25, 0.3) is 0 Å². The maximum atomic E-state index is 4.13. The van der Waals surface area contributed by atoms with Crippen LogP contribution in [0.15, 0.2) is 21.8 Å². The molecule has 78 valence electrons. The van der Waals surface area contributed by atoms with Crippen molar-refractivity contribution in [3.63, 3.8) is 0 Å². The average molecular weight is 211 g/mol. The van der Waals surface area contributed by atoms with Crippen molar-refractivity contribution in [1.82, 2.24) is 10.6 Å². The van der Waals surface area contributed by atoms with Gasteiger partial charge in [0.15, 0.2) is 5.96 Å². The largest absolute Gasteiger partial charge is 0.354 e. The van der Waals surface area contributed by atoms with Gasteiger partial charge in [0.2, 0.25) is 0 Å². The lowest BCUT2D eigenvalue weighted by molar-refractivity contribution is 0.700. The fraction of sp³-hybridized carbons (Fsp3) is 0.500. The summed E-state index contributed by atoms with van der Waals surface area (Å²) in [5.41, 5.74) is 1.29. The molecule has 1 aromatic heterocycles. The van der Waals surface area contributed by atoms with Crippen molar-refractivity contribution in [2.45, 2.75) is 26.4 Å². The highest BCUT2D eigenvalue weighted by Gasteiger charge is 1.99. The summed E-state index contributed by atoms with van der Waals surface area (Å²) in [6.07, 6.45) is 0. The van der Waals surface area contributed by atoms with Crippen LogP contribution >= 0.6 is 11.3 Å². The first kappa shape index (κ1) is 11.0. The molecule has 0 fully saturated rings. The van der Waals surface area contributed by atoms with Crippen LogP contribution in [0.1, 0.15) is 19.4 Å². The number of rotatable bonds is 3. The molecule has 14 heavy (non-hydrogen) atoms. The molecule has 0 aliphatic rings. The molecule has 4 heteroatoms. The molecule has 0 radical (unpaired) electrons. The fourth-order valence-electron chi connectivity index (χ4n) is 1.05. The molecular formula is C10H17N3S. The normalized spacial score (nSPS) is 11.9. The molecule has 1 rings (SSSR count). The molecule has 3 nitrogen and oxygen atoms in total. The Balaban J connectivity index is 2.35. The van der Waals surface area contributed by atoms with E-state index in [2.05, 4.69) is 46.3 Å². The van der Waals surface area contributed by atoms with Crippen LogP contribution in [-0.2, 0) is 6.54 Å². The Kier molecular flexibility index (Phi) is 4.46. The molecule has 0 saturated heterocycles. The number of aliphatic imine (C=N–C) groups is 1. The summed E-state index contributed by atoms with van der Waals surface area (Å²) in [6, 6.07) is 2.52. The van der Waals surface area contributed by atoms with Crippen LogP contribution in [0.4, 0.5) is 0 Å². The van der Waals surface area contributed by atoms with E-state index >= 15 is 0 Å². The highest BCUT2D eigenvalue weighted by molar-refractivity contribution is 7.07. The number of nitrogens with zero attached hydrogens (tertiary/aromatic N) is 1. The molecule has 0 aliphatic heterocycles. The van der Waals surface area contributed by atoms with E-state index < -0.39 is 0 Å². The molecule has 0 saturated carbocycles. The van der Waals surface area contributed by atoms with Crippen molar-refractivity contribution in [2.24, 2.45) is 4.99 Å². The summed E-state index contributed by atoms with van der Waals surface area (Å²) in [5.74, 6) is 0.853. The van der Waals surface area contributed by atoms with Gasteiger partial charge in [0.05, 0.1) is 0 Å². The van der Waals surface area contributed by atoms with E-state index in [0.29, 0.717) is 6.04 Å². The lowest BCUT2D eigenvalue weighted by Gasteiger charge is -2.13. The Morgan fingerprint density at radius 3 is 2.86 bits per heavy atom. The summed E-state index contributed by atoms with van der Waals surface area (Å²) >= 11 is 1.71. The van der Waals surface area contributed by atoms with Crippen LogP contribution in [0.3, 0.4) is 0 Å². The smallest absolute Gasteiger partial charge is 0.191 e. The molecule has 2 N–H and O–H groups in total. The molecule has 0 aromatic carbocycles. The van der Waals surface area contributed by atoms with E-state index in [4.69, 9.17) is 0 Å². The molecule has 0 atom stereocenters. The van der Waals surface area contributed by atoms with Crippen molar-refractivity contribution in [2.75, 3.05) is 7.05 Å². The van der Waals surface area contributed by atoms with Gasteiger partial charge in [-0.25, -0.2) is 0 Å². The van der Waals surface area contributed by atoms with E-state index in [1.807, 2.05) is 0 Å². The Bertz CT molecular complexity index is 278. The van der Waals surface area contributed by atoms with Gasteiger partial charge in [0, 0.05) is 19.6 Å². The average Bonchev–Trinajstić information content (AvgIpc) is 2.64. The molecule has 0 amide bonds. The highest BCUT2D eigenvalue weighted by Crippen LogP contribution is 2.04. The monoisotopic (exact) mass is 211 g/mol. The highest BCUT2D eigenvalue weighted by atomic mass is 32.1. The molecule has 1 heterocycles. The van der Waals surface area contributed by atoms with Gasteiger partial charge in [-0.15, -0.1) is 0 Å². The SMILES string of the molecule is CN=C(NCc1ccsc1)NC(C)C. The van der Waals surface area contributed by atoms with E-state index in [-0.39, 0.29) is 0 Å². The summed E-state index contributed by atoms with van der Waals surface area (Å²) in [5, 5.41) is 10.7. The maximum Gasteiger partial charge on any atom is 0.191 e. The van der Waals surface area contributed by atoms with Gasteiger partial charge in [-0.2, -0.15) is 11.3 Å². The van der Waals surface area contributed by atoms with Crippen molar-refractivity contribution in [3.05, 3.63) is 22.4 Å². The second-order valence-electron chi connectivity index (χ2n) is 3.36. The third-order valence-electron chi connectivity index (χ3n) is 1.69. The van der Waals surface area contributed by atoms with Gasteiger partial charge in [-0.05, 0) is 36.2 Å². The van der Waals surface area contributed by atoms with Crippen LogP contribution in [0, 0.1) is 0 Å². The van der Waals surface area contributed by atoms with Crippen LogP contribution in [0.25, 0.3) is 0 Å². The Labute approximate surface area is 89.3 Å². The van der Waals surface area contributed by atoms with Crippen molar-refractivity contribution >= 4 is 17.3 Å². The minimum Gasteiger partial charge on any atom is -0.354 e. The first-order valence-corrected chi connectivity index (χ1v) is 5.65. The maximum absolute atomic E-state index is 4.13. The third-order valence-corrected chi connectivity index (χ3v) is 2.42. The lowest BCUT2D eigenvalue weighted by atomic mass is 10.3. The lowest BCUT2D eigenvalue weighted by Crippen LogP contribution is -2.40. The van der Waals surface area contributed by atoms with Crippen molar-refractivity contribution in [1.29, 1.82) is 0 Å². The van der Waals surface area contributed by atoms with E-state index in [9.17, 15) is 0 Å². The zero-order valence-corrected chi connectivity index (χ0v) is 9.69. The van der Waals surface area contributed by atoms with Crippen LogP contribution in [-0.4, -0.2) is 19.0 Å². The predicted molar refractivity (Wildman–Crippen MR) is 62.8 cm³/mol. The number of thiophene rings is 1. The van der Waals surface area contributed by atoms with Crippen LogP contribution < -0.4 is 10.6 Å². The molecule has 1 aromatic rings. The molecule has 0 spiro atoms. The summed E-state index contributed by atoms with van der Waals surface area (Å²) in [4.78, 5) is 4.13. The number of hydrogen-bond donors (Lipinski definition) is 2. The van der Waals surface area contributed by atoms with Gasteiger partial charge in [0.1, 0.15) is 0 Å². The van der Waals surface area contributed by atoms with Gasteiger partial charge in [-0.3, -0.25) is 4.99 Å². The zero-order chi connectivity index (χ0) is 10.4. The second-order valence-corrected chi connectivity index (χ2v) is 4.14. The van der Waals surface area contributed by atoms with E-state index in [1.54, 1.807) is 18.4 Å². The van der Waals surface area contributed by atoms with E-state index in [0.717, 1.165) is 12.5 Å². The Morgan fingerprint density at radius 1 is 1.57 bits per heavy atom. The summed E-state index contributed by atoms with van der Waals surface area (Å²) in [6.45, 7) is 5.02. The standard InChI is InChI=1S/C10H17N3S/c1-8(2)13-10(11-3)12-6-9-4-5-14-7-9/h4-5,7-8H,6H2,1-3H3,(H2,11,12,13). The first-order chi connectivity index (χ1) is 6.72.